The summed E-state index contributed by atoms with van der Waals surface area (Å²) in [5, 5.41) is 0. The Balaban J connectivity index is 2.31. The lowest BCUT2D eigenvalue weighted by atomic mass is 10.2. The Kier molecular flexibility index (Phi) is 4.01. The second-order valence-corrected chi connectivity index (χ2v) is 4.60. The maximum absolute atomic E-state index is 11.4. The molecule has 1 heterocycles. The number of rotatable bonds is 3. The molecule has 0 radical (unpaired) electrons. The number of carbonyl (C=O) groups is 1. The minimum absolute atomic E-state index is 0.370. The zero-order chi connectivity index (χ0) is 13.8. The molecular formula is C13H11BrN2O3. The monoisotopic (exact) mass is 322 g/mol. The van der Waals surface area contributed by atoms with Crippen molar-refractivity contribution in [3.05, 3.63) is 46.7 Å². The standard InChI is InChI=1S/C13H11BrN2O3/c1-18-13(17)8-2-3-11(15)12(4-8)19-10-5-9(14)6-16-7-10/h2-7H,15H2,1H3. The van der Waals surface area contributed by atoms with E-state index in [1.54, 1.807) is 30.6 Å². The first-order valence-electron chi connectivity index (χ1n) is 5.36. The van der Waals surface area contributed by atoms with Gasteiger partial charge in [-0.15, -0.1) is 0 Å². The van der Waals surface area contributed by atoms with Gasteiger partial charge in [-0.2, -0.15) is 0 Å². The molecule has 0 spiro atoms. The van der Waals surface area contributed by atoms with E-state index in [-0.39, 0.29) is 0 Å². The average molecular weight is 323 g/mol. The van der Waals surface area contributed by atoms with Crippen LogP contribution >= 0.6 is 15.9 Å². The highest BCUT2D eigenvalue weighted by atomic mass is 79.9. The number of pyridine rings is 1. The third-order valence-corrected chi connectivity index (χ3v) is 2.78. The summed E-state index contributed by atoms with van der Waals surface area (Å²) in [4.78, 5) is 15.4. The highest BCUT2D eigenvalue weighted by Gasteiger charge is 2.10. The van der Waals surface area contributed by atoms with Crippen LogP contribution in [0.15, 0.2) is 41.1 Å². The Morgan fingerprint density at radius 2 is 2.11 bits per heavy atom. The van der Waals surface area contributed by atoms with Crippen molar-refractivity contribution in [1.29, 1.82) is 0 Å². The largest absolute Gasteiger partial charge is 0.465 e. The van der Waals surface area contributed by atoms with E-state index in [4.69, 9.17) is 10.5 Å². The smallest absolute Gasteiger partial charge is 0.337 e. The predicted molar refractivity (Wildman–Crippen MR) is 74.2 cm³/mol. The molecule has 0 aliphatic rings. The molecule has 0 atom stereocenters. The van der Waals surface area contributed by atoms with Gasteiger partial charge >= 0.3 is 5.97 Å². The van der Waals surface area contributed by atoms with E-state index in [0.29, 0.717) is 22.7 Å². The molecule has 98 valence electrons. The van der Waals surface area contributed by atoms with Gasteiger partial charge in [0.1, 0.15) is 5.75 Å². The van der Waals surface area contributed by atoms with E-state index in [0.717, 1.165) is 4.47 Å². The Morgan fingerprint density at radius 3 is 2.79 bits per heavy atom. The summed E-state index contributed by atoms with van der Waals surface area (Å²) < 4.78 is 11.0. The van der Waals surface area contributed by atoms with Gasteiger partial charge in [0.25, 0.3) is 0 Å². The fraction of sp³-hybridized carbons (Fsp3) is 0.0769. The zero-order valence-electron chi connectivity index (χ0n) is 10.1. The molecule has 19 heavy (non-hydrogen) atoms. The van der Waals surface area contributed by atoms with Crippen LogP contribution in [0.4, 0.5) is 5.69 Å². The normalized spacial score (nSPS) is 10.0. The molecule has 6 heteroatoms. The predicted octanol–water partition coefficient (Wildman–Crippen LogP) is 3.01. The molecule has 0 aliphatic heterocycles. The Hall–Kier alpha value is -2.08. The van der Waals surface area contributed by atoms with Crippen LogP contribution in [0, 0.1) is 0 Å². The highest BCUT2D eigenvalue weighted by molar-refractivity contribution is 9.10. The first-order valence-corrected chi connectivity index (χ1v) is 6.15. The summed E-state index contributed by atoms with van der Waals surface area (Å²) in [7, 11) is 1.32. The molecular weight excluding hydrogens is 312 g/mol. The zero-order valence-corrected chi connectivity index (χ0v) is 11.7. The van der Waals surface area contributed by atoms with Gasteiger partial charge in [0.15, 0.2) is 5.75 Å². The van der Waals surface area contributed by atoms with Crippen LogP contribution in [0.2, 0.25) is 0 Å². The third-order valence-electron chi connectivity index (χ3n) is 2.34. The number of nitrogens with zero attached hydrogens (tertiary/aromatic N) is 1. The summed E-state index contributed by atoms with van der Waals surface area (Å²) in [5.74, 6) is 0.447. The molecule has 0 aliphatic carbocycles. The summed E-state index contributed by atoms with van der Waals surface area (Å²) in [6.07, 6.45) is 3.19. The quantitative estimate of drug-likeness (QED) is 0.694. The van der Waals surface area contributed by atoms with E-state index in [9.17, 15) is 4.79 Å². The van der Waals surface area contributed by atoms with E-state index in [1.807, 2.05) is 0 Å². The van der Waals surface area contributed by atoms with E-state index >= 15 is 0 Å². The number of hydrogen-bond acceptors (Lipinski definition) is 5. The van der Waals surface area contributed by atoms with Crippen LogP contribution in [-0.2, 0) is 4.74 Å². The number of halogens is 1. The van der Waals surface area contributed by atoms with Gasteiger partial charge in [-0.05, 0) is 40.2 Å². The first-order chi connectivity index (χ1) is 9.10. The van der Waals surface area contributed by atoms with Crippen LogP contribution in [0.25, 0.3) is 0 Å². The number of methoxy groups -OCH3 is 1. The fourth-order valence-electron chi connectivity index (χ4n) is 1.44. The van der Waals surface area contributed by atoms with Crippen molar-refractivity contribution in [2.24, 2.45) is 0 Å². The lowest BCUT2D eigenvalue weighted by Crippen LogP contribution is -2.02. The van der Waals surface area contributed by atoms with E-state index < -0.39 is 5.97 Å². The van der Waals surface area contributed by atoms with Crippen LogP contribution < -0.4 is 10.5 Å². The molecule has 0 amide bonds. The number of benzene rings is 1. The number of aromatic nitrogens is 1. The number of anilines is 1. The minimum atomic E-state index is -0.447. The van der Waals surface area contributed by atoms with Gasteiger partial charge in [0.05, 0.1) is 24.6 Å². The van der Waals surface area contributed by atoms with Crippen molar-refractivity contribution >= 4 is 27.6 Å². The van der Waals surface area contributed by atoms with Crippen molar-refractivity contribution in [2.45, 2.75) is 0 Å². The van der Waals surface area contributed by atoms with Crippen molar-refractivity contribution < 1.29 is 14.3 Å². The van der Waals surface area contributed by atoms with Crippen LogP contribution in [0.3, 0.4) is 0 Å². The maximum Gasteiger partial charge on any atom is 0.337 e. The SMILES string of the molecule is COC(=O)c1ccc(N)c(Oc2cncc(Br)c2)c1. The third kappa shape index (κ3) is 3.23. The summed E-state index contributed by atoms with van der Waals surface area (Å²) in [6.45, 7) is 0. The maximum atomic E-state index is 11.4. The second-order valence-electron chi connectivity index (χ2n) is 3.69. The Morgan fingerprint density at radius 1 is 1.32 bits per heavy atom. The van der Waals surface area contributed by atoms with Crippen LogP contribution in [-0.4, -0.2) is 18.1 Å². The number of nitrogen functional groups attached to an aromatic ring is 1. The van der Waals surface area contributed by atoms with Gasteiger partial charge in [0.2, 0.25) is 0 Å². The van der Waals surface area contributed by atoms with Crippen molar-refractivity contribution in [1.82, 2.24) is 4.98 Å². The molecule has 2 N–H and O–H groups in total. The first kappa shape index (κ1) is 13.4. The van der Waals surface area contributed by atoms with Gasteiger partial charge in [0, 0.05) is 10.7 Å². The van der Waals surface area contributed by atoms with Gasteiger partial charge < -0.3 is 15.2 Å². The number of carbonyl (C=O) groups excluding carboxylic acids is 1. The second kappa shape index (κ2) is 5.71. The number of nitrogens with two attached hydrogens (primary N) is 1. The average Bonchev–Trinajstić information content (AvgIpc) is 2.40. The van der Waals surface area contributed by atoms with Crippen molar-refractivity contribution in [3.63, 3.8) is 0 Å². The molecule has 0 saturated carbocycles. The summed E-state index contributed by atoms with van der Waals surface area (Å²) >= 11 is 3.30. The lowest BCUT2D eigenvalue weighted by Gasteiger charge is -2.09. The number of ether oxygens (including phenoxy) is 2. The fourth-order valence-corrected chi connectivity index (χ4v) is 1.79. The van der Waals surface area contributed by atoms with E-state index in [1.165, 1.54) is 13.2 Å². The molecule has 5 nitrogen and oxygen atoms in total. The topological polar surface area (TPSA) is 74.4 Å². The number of esters is 1. The molecule has 0 saturated heterocycles. The minimum Gasteiger partial charge on any atom is -0.465 e. The molecule has 0 unspecified atom stereocenters. The molecule has 0 fully saturated rings. The summed E-state index contributed by atoms with van der Waals surface area (Å²) in [6, 6.07) is 6.44. The molecule has 1 aromatic carbocycles. The Bertz CT molecular complexity index is 617. The van der Waals surface area contributed by atoms with Crippen LogP contribution in [0.1, 0.15) is 10.4 Å². The van der Waals surface area contributed by atoms with Gasteiger partial charge in [-0.3, -0.25) is 4.98 Å². The van der Waals surface area contributed by atoms with Gasteiger partial charge in [-0.25, -0.2) is 4.79 Å². The Labute approximate surface area is 118 Å². The summed E-state index contributed by atoms with van der Waals surface area (Å²) in [5.41, 5.74) is 6.60. The van der Waals surface area contributed by atoms with Crippen LogP contribution in [0.5, 0.6) is 11.5 Å². The molecule has 1 aromatic heterocycles. The number of hydrogen-bond donors (Lipinski definition) is 1. The highest BCUT2D eigenvalue weighted by Crippen LogP contribution is 2.29. The van der Waals surface area contributed by atoms with Gasteiger partial charge in [-0.1, -0.05) is 0 Å². The van der Waals surface area contributed by atoms with E-state index in [2.05, 4.69) is 25.7 Å². The lowest BCUT2D eigenvalue weighted by molar-refractivity contribution is 0.0600. The molecule has 0 bridgehead atoms. The van der Waals surface area contributed by atoms with Crippen molar-refractivity contribution in [3.8, 4) is 11.5 Å². The van der Waals surface area contributed by atoms with Crippen molar-refractivity contribution in [2.75, 3.05) is 12.8 Å². The molecule has 2 rings (SSSR count). The molecule has 2 aromatic rings.